The Balaban J connectivity index is 1.19. The van der Waals surface area contributed by atoms with Gasteiger partial charge < -0.3 is 4.42 Å². The molecule has 54 heavy (non-hydrogen) atoms. The minimum atomic E-state index is -0.227. The van der Waals surface area contributed by atoms with Gasteiger partial charge in [0.1, 0.15) is 11.2 Å². The highest BCUT2D eigenvalue weighted by molar-refractivity contribution is 6.26. The van der Waals surface area contributed by atoms with Gasteiger partial charge in [-0.15, -0.1) is 0 Å². The molecule has 2 aromatic heterocycles. The molecule has 11 rings (SSSR count). The second-order valence-corrected chi connectivity index (χ2v) is 14.7. The van der Waals surface area contributed by atoms with Crippen LogP contribution >= 0.6 is 0 Å². The monoisotopic (exact) mass is 691 g/mol. The molecule has 0 saturated heterocycles. The van der Waals surface area contributed by atoms with Crippen molar-refractivity contribution in [2.24, 2.45) is 0 Å². The first kappa shape index (κ1) is 30.7. The van der Waals surface area contributed by atoms with Crippen molar-refractivity contribution in [2.75, 3.05) is 0 Å². The molecule has 0 aliphatic heterocycles. The number of hydrogen-bond acceptors (Lipinski definition) is 4. The van der Waals surface area contributed by atoms with E-state index in [4.69, 9.17) is 19.4 Å². The highest BCUT2D eigenvalue weighted by Gasteiger charge is 2.40. The Bertz CT molecular complexity index is 3070. The fourth-order valence-corrected chi connectivity index (χ4v) is 8.90. The molecular weight excluding hydrogens is 659 g/mol. The highest BCUT2D eigenvalue weighted by Crippen LogP contribution is 2.57. The van der Waals surface area contributed by atoms with Gasteiger partial charge in [-0.3, -0.25) is 0 Å². The summed E-state index contributed by atoms with van der Waals surface area (Å²) >= 11 is 0. The molecule has 0 fully saturated rings. The van der Waals surface area contributed by atoms with Crippen molar-refractivity contribution >= 4 is 43.5 Å². The second kappa shape index (κ2) is 11.5. The zero-order chi connectivity index (χ0) is 36.0. The van der Waals surface area contributed by atoms with E-state index < -0.39 is 0 Å². The maximum atomic E-state index is 6.93. The highest BCUT2D eigenvalue weighted by atomic mass is 16.3. The molecule has 0 unspecified atom stereocenters. The first-order chi connectivity index (χ1) is 26.6. The van der Waals surface area contributed by atoms with Crippen LogP contribution in [0.2, 0.25) is 0 Å². The van der Waals surface area contributed by atoms with E-state index in [1.165, 1.54) is 33.0 Å². The number of fused-ring (bicyclic) bond motifs is 11. The van der Waals surface area contributed by atoms with Gasteiger partial charge in [0.2, 0.25) is 0 Å². The zero-order valence-electron chi connectivity index (χ0n) is 29.8. The normalized spacial score (nSPS) is 13.1. The second-order valence-electron chi connectivity index (χ2n) is 14.7. The van der Waals surface area contributed by atoms with Crippen LogP contribution in [0, 0.1) is 0 Å². The molecule has 0 spiro atoms. The molecule has 8 aromatic carbocycles. The minimum absolute atomic E-state index is 0.227. The van der Waals surface area contributed by atoms with E-state index >= 15 is 0 Å². The van der Waals surface area contributed by atoms with Crippen LogP contribution in [0.4, 0.5) is 0 Å². The summed E-state index contributed by atoms with van der Waals surface area (Å²) in [4.78, 5) is 15.1. The van der Waals surface area contributed by atoms with Crippen molar-refractivity contribution in [1.82, 2.24) is 15.0 Å². The molecule has 4 heteroatoms. The Morgan fingerprint density at radius 2 is 0.944 bits per heavy atom. The maximum Gasteiger partial charge on any atom is 0.164 e. The van der Waals surface area contributed by atoms with E-state index in [0.29, 0.717) is 17.5 Å². The molecule has 254 valence electrons. The van der Waals surface area contributed by atoms with Gasteiger partial charge in [-0.1, -0.05) is 166 Å². The van der Waals surface area contributed by atoms with Crippen molar-refractivity contribution in [3.05, 3.63) is 175 Å². The molecule has 0 saturated carbocycles. The van der Waals surface area contributed by atoms with E-state index in [2.05, 4.69) is 117 Å². The number of aromatic nitrogens is 3. The minimum Gasteiger partial charge on any atom is -0.455 e. The maximum absolute atomic E-state index is 6.93. The number of hydrogen-bond donors (Lipinski definition) is 0. The van der Waals surface area contributed by atoms with Gasteiger partial charge in [-0.25, -0.2) is 15.0 Å². The molecule has 0 N–H and O–H groups in total. The number of furan rings is 1. The van der Waals surface area contributed by atoms with Crippen molar-refractivity contribution in [3.63, 3.8) is 0 Å². The topological polar surface area (TPSA) is 51.8 Å². The van der Waals surface area contributed by atoms with Gasteiger partial charge in [-0.2, -0.15) is 0 Å². The predicted octanol–water partition coefficient (Wildman–Crippen LogP) is 13.1. The molecule has 10 aromatic rings. The first-order valence-corrected chi connectivity index (χ1v) is 18.5. The van der Waals surface area contributed by atoms with Gasteiger partial charge in [0.25, 0.3) is 0 Å². The summed E-state index contributed by atoms with van der Waals surface area (Å²) in [5, 5.41) is 6.91. The van der Waals surface area contributed by atoms with E-state index in [0.717, 1.165) is 60.5 Å². The number of rotatable bonds is 4. The van der Waals surface area contributed by atoms with E-state index in [1.54, 1.807) is 0 Å². The molecule has 4 nitrogen and oxygen atoms in total. The molecular formula is C50H33N3O. The van der Waals surface area contributed by atoms with Crippen LogP contribution in [0.5, 0.6) is 0 Å². The van der Waals surface area contributed by atoms with E-state index in [-0.39, 0.29) is 5.41 Å². The summed E-state index contributed by atoms with van der Waals surface area (Å²) in [5.41, 5.74) is 12.0. The quantitative estimate of drug-likeness (QED) is 0.184. The SMILES string of the molecule is CC1(C)c2ccccc2-c2c1c1c(oc3cccc(-c4ccc(-c5nc(-c6ccccc6)nc(-c6ccccc6)n5)c5ccccc45)c31)c1ccccc21. The summed E-state index contributed by atoms with van der Waals surface area (Å²) in [5.74, 6) is 1.93. The van der Waals surface area contributed by atoms with Gasteiger partial charge in [-0.05, 0) is 61.7 Å². The van der Waals surface area contributed by atoms with Crippen molar-refractivity contribution < 1.29 is 4.42 Å². The largest absolute Gasteiger partial charge is 0.455 e. The van der Waals surface area contributed by atoms with Gasteiger partial charge in [0, 0.05) is 38.3 Å². The van der Waals surface area contributed by atoms with Crippen LogP contribution in [-0.2, 0) is 5.41 Å². The van der Waals surface area contributed by atoms with E-state index in [1.807, 2.05) is 60.7 Å². The standard InChI is InChI=1S/C50H33N3O/c1-50(2)40-26-14-13-24-39(40)42-36-22-11-12-23-37(36)46-44(45(42)50)43-35(25-15-27-41(43)54-46)34-28-29-38(33-21-10-9-20-32(33)34)49-52-47(30-16-5-3-6-17-30)51-48(53-49)31-18-7-4-8-19-31/h3-29H,1-2H3. The van der Waals surface area contributed by atoms with Crippen LogP contribution in [-0.4, -0.2) is 15.0 Å². The Hall–Kier alpha value is -6.91. The predicted molar refractivity (Wildman–Crippen MR) is 221 cm³/mol. The Morgan fingerprint density at radius 3 is 1.65 bits per heavy atom. The first-order valence-electron chi connectivity index (χ1n) is 18.5. The lowest BCUT2D eigenvalue weighted by atomic mass is 9.79. The lowest BCUT2D eigenvalue weighted by Crippen LogP contribution is -2.15. The molecule has 0 bridgehead atoms. The number of benzene rings is 8. The summed E-state index contributed by atoms with van der Waals surface area (Å²) < 4.78 is 6.93. The van der Waals surface area contributed by atoms with Gasteiger partial charge in [0.05, 0.1) is 0 Å². The van der Waals surface area contributed by atoms with Crippen LogP contribution in [0.1, 0.15) is 25.0 Å². The van der Waals surface area contributed by atoms with Gasteiger partial charge in [0.15, 0.2) is 17.5 Å². The van der Waals surface area contributed by atoms with Crippen LogP contribution < -0.4 is 0 Å². The zero-order valence-corrected chi connectivity index (χ0v) is 29.8. The lowest BCUT2D eigenvalue weighted by molar-refractivity contribution is 0.659. The average Bonchev–Trinajstić information content (AvgIpc) is 3.74. The van der Waals surface area contributed by atoms with Gasteiger partial charge >= 0.3 is 0 Å². The Labute approximate surface area is 312 Å². The number of nitrogens with zero attached hydrogens (tertiary/aromatic N) is 3. The summed E-state index contributed by atoms with van der Waals surface area (Å²) in [6.45, 7) is 4.72. The smallest absolute Gasteiger partial charge is 0.164 e. The fraction of sp³-hybridized carbons (Fsp3) is 0.0600. The van der Waals surface area contributed by atoms with Crippen molar-refractivity contribution in [1.29, 1.82) is 0 Å². The third kappa shape index (κ3) is 4.40. The van der Waals surface area contributed by atoms with Crippen LogP contribution in [0.25, 0.3) is 99.9 Å². The fourth-order valence-electron chi connectivity index (χ4n) is 8.90. The molecule has 0 radical (unpaired) electrons. The van der Waals surface area contributed by atoms with Crippen LogP contribution in [0.15, 0.2) is 168 Å². The Kier molecular flexibility index (Phi) is 6.56. The van der Waals surface area contributed by atoms with Crippen molar-refractivity contribution in [3.8, 4) is 56.4 Å². The third-order valence-corrected chi connectivity index (χ3v) is 11.3. The lowest BCUT2D eigenvalue weighted by Gasteiger charge is -2.23. The summed E-state index contributed by atoms with van der Waals surface area (Å²) in [7, 11) is 0. The summed E-state index contributed by atoms with van der Waals surface area (Å²) in [6, 6.07) is 57.4. The summed E-state index contributed by atoms with van der Waals surface area (Å²) in [6.07, 6.45) is 0. The van der Waals surface area contributed by atoms with Crippen LogP contribution in [0.3, 0.4) is 0 Å². The molecule has 1 aliphatic carbocycles. The van der Waals surface area contributed by atoms with E-state index in [9.17, 15) is 0 Å². The average molecular weight is 692 g/mol. The molecule has 1 aliphatic rings. The molecule has 0 atom stereocenters. The Morgan fingerprint density at radius 1 is 0.407 bits per heavy atom. The molecule has 2 heterocycles. The third-order valence-electron chi connectivity index (χ3n) is 11.3. The molecule has 0 amide bonds. The van der Waals surface area contributed by atoms with Crippen molar-refractivity contribution in [2.45, 2.75) is 19.3 Å².